The van der Waals surface area contributed by atoms with Crippen molar-refractivity contribution in [2.45, 2.75) is 4.90 Å². The van der Waals surface area contributed by atoms with Crippen molar-refractivity contribution in [3.05, 3.63) is 48.5 Å². The summed E-state index contributed by atoms with van der Waals surface area (Å²) in [6.45, 7) is 0. The van der Waals surface area contributed by atoms with Crippen LogP contribution in [-0.2, 0) is 9.05 Å². The Kier molecular flexibility index (Phi) is 5.12. The highest BCUT2D eigenvalue weighted by Gasteiger charge is 2.10. The minimum absolute atomic E-state index is 0.0237. The van der Waals surface area contributed by atoms with Crippen LogP contribution in [0.1, 0.15) is 0 Å². The average molecular weight is 354 g/mol. The molecule has 0 saturated heterocycles. The van der Waals surface area contributed by atoms with Gasteiger partial charge >= 0.3 is 6.03 Å². The number of carbonyl (C=O) groups excluding carboxylic acids is 1. The van der Waals surface area contributed by atoms with E-state index in [0.29, 0.717) is 11.4 Å². The molecule has 0 aromatic heterocycles. The van der Waals surface area contributed by atoms with Crippen LogP contribution in [0.25, 0.3) is 0 Å². The van der Waals surface area contributed by atoms with E-state index in [1.165, 1.54) is 24.3 Å². The molecule has 2 rings (SSSR count). The second-order valence-corrected chi connectivity index (χ2v) is 7.55. The number of nitrogens with zero attached hydrogens (tertiary/aromatic N) is 1. The molecular formula is C15H16ClN3O3S. The third kappa shape index (κ3) is 4.87. The summed E-state index contributed by atoms with van der Waals surface area (Å²) in [7, 11) is 5.32. The molecule has 0 heterocycles. The molecular weight excluding hydrogens is 338 g/mol. The fourth-order valence-electron chi connectivity index (χ4n) is 1.84. The average Bonchev–Trinajstić information content (AvgIpc) is 2.47. The fourth-order valence-corrected chi connectivity index (χ4v) is 2.61. The first kappa shape index (κ1) is 17.1. The molecule has 2 aromatic rings. The number of nitrogens with one attached hydrogen (secondary N) is 2. The molecule has 0 saturated carbocycles. The van der Waals surface area contributed by atoms with Gasteiger partial charge < -0.3 is 15.5 Å². The summed E-state index contributed by atoms with van der Waals surface area (Å²) in [5.74, 6) is 0. The topological polar surface area (TPSA) is 78.5 Å². The zero-order chi connectivity index (χ0) is 17.0. The quantitative estimate of drug-likeness (QED) is 0.826. The van der Waals surface area contributed by atoms with Gasteiger partial charge in [-0.05, 0) is 48.5 Å². The number of benzene rings is 2. The van der Waals surface area contributed by atoms with Crippen molar-refractivity contribution in [3.63, 3.8) is 0 Å². The molecule has 2 N–H and O–H groups in total. The number of hydrogen-bond acceptors (Lipinski definition) is 4. The number of hydrogen-bond donors (Lipinski definition) is 2. The van der Waals surface area contributed by atoms with Gasteiger partial charge in [0.15, 0.2) is 0 Å². The Balaban J connectivity index is 1.99. The van der Waals surface area contributed by atoms with E-state index in [2.05, 4.69) is 10.6 Å². The van der Waals surface area contributed by atoms with Gasteiger partial charge in [0, 0.05) is 41.8 Å². The van der Waals surface area contributed by atoms with Crippen molar-refractivity contribution in [1.29, 1.82) is 0 Å². The van der Waals surface area contributed by atoms with Crippen molar-refractivity contribution in [2.75, 3.05) is 29.6 Å². The van der Waals surface area contributed by atoms with E-state index < -0.39 is 15.1 Å². The maximum Gasteiger partial charge on any atom is 0.323 e. The number of anilines is 3. The minimum Gasteiger partial charge on any atom is -0.378 e. The lowest BCUT2D eigenvalue weighted by atomic mass is 10.2. The molecule has 122 valence electrons. The molecule has 0 radical (unpaired) electrons. The van der Waals surface area contributed by atoms with Gasteiger partial charge in [0.05, 0.1) is 4.90 Å². The summed E-state index contributed by atoms with van der Waals surface area (Å²) >= 11 is 0. The molecule has 0 fully saturated rings. The Hall–Kier alpha value is -2.25. The van der Waals surface area contributed by atoms with E-state index >= 15 is 0 Å². The molecule has 2 aromatic carbocycles. The van der Waals surface area contributed by atoms with Gasteiger partial charge in [-0.2, -0.15) is 0 Å². The van der Waals surface area contributed by atoms with Crippen molar-refractivity contribution in [3.8, 4) is 0 Å². The summed E-state index contributed by atoms with van der Waals surface area (Å²) in [6.07, 6.45) is 0. The molecule has 23 heavy (non-hydrogen) atoms. The summed E-state index contributed by atoms with van der Waals surface area (Å²) in [5.41, 5.74) is 2.12. The minimum atomic E-state index is -3.77. The van der Waals surface area contributed by atoms with Gasteiger partial charge in [-0.25, -0.2) is 13.2 Å². The van der Waals surface area contributed by atoms with Crippen LogP contribution in [0.4, 0.5) is 21.9 Å². The van der Waals surface area contributed by atoms with Crippen LogP contribution < -0.4 is 15.5 Å². The monoisotopic (exact) mass is 353 g/mol. The molecule has 0 spiro atoms. The van der Waals surface area contributed by atoms with Crippen LogP contribution in [0, 0.1) is 0 Å². The standard InChI is InChI=1S/C15H16ClN3O3S/c1-19(2)13-7-3-11(4-8-13)17-15(20)18-12-5-9-14(10-6-12)23(16,21)22/h3-10H,1-2H3,(H2,17,18,20). The zero-order valence-corrected chi connectivity index (χ0v) is 14.1. The lowest BCUT2D eigenvalue weighted by molar-refractivity contribution is 0.262. The fraction of sp³-hybridized carbons (Fsp3) is 0.133. The van der Waals surface area contributed by atoms with Gasteiger partial charge in [-0.3, -0.25) is 0 Å². The second kappa shape index (κ2) is 6.89. The SMILES string of the molecule is CN(C)c1ccc(NC(=O)Nc2ccc(S(=O)(=O)Cl)cc2)cc1. The van der Waals surface area contributed by atoms with Crippen molar-refractivity contribution in [2.24, 2.45) is 0 Å². The summed E-state index contributed by atoms with van der Waals surface area (Å²) in [6, 6.07) is 12.5. The van der Waals surface area contributed by atoms with Crippen molar-refractivity contribution in [1.82, 2.24) is 0 Å². The van der Waals surface area contributed by atoms with E-state index in [-0.39, 0.29) is 4.90 Å². The highest BCUT2D eigenvalue weighted by Crippen LogP contribution is 2.19. The second-order valence-electron chi connectivity index (χ2n) is 4.98. The Morgan fingerprint density at radius 1 is 0.913 bits per heavy atom. The third-order valence-corrected chi connectivity index (χ3v) is 4.41. The van der Waals surface area contributed by atoms with E-state index in [0.717, 1.165) is 5.69 Å². The largest absolute Gasteiger partial charge is 0.378 e. The molecule has 0 aliphatic carbocycles. The first-order valence-corrected chi connectivity index (χ1v) is 8.97. The highest BCUT2D eigenvalue weighted by molar-refractivity contribution is 8.13. The van der Waals surface area contributed by atoms with Crippen molar-refractivity contribution < 1.29 is 13.2 Å². The maximum absolute atomic E-state index is 11.9. The summed E-state index contributed by atoms with van der Waals surface area (Å²) in [5, 5.41) is 5.30. The Morgan fingerprint density at radius 3 is 1.74 bits per heavy atom. The highest BCUT2D eigenvalue weighted by atomic mass is 35.7. The number of halogens is 1. The van der Waals surface area contributed by atoms with Gasteiger partial charge in [-0.15, -0.1) is 0 Å². The van der Waals surface area contributed by atoms with E-state index in [9.17, 15) is 13.2 Å². The Bertz CT molecular complexity index is 788. The van der Waals surface area contributed by atoms with Crippen LogP contribution in [-0.4, -0.2) is 28.5 Å². The number of urea groups is 1. The lowest BCUT2D eigenvalue weighted by Gasteiger charge is -2.13. The van der Waals surface area contributed by atoms with Crippen LogP contribution in [0.5, 0.6) is 0 Å². The maximum atomic E-state index is 11.9. The first-order chi connectivity index (χ1) is 10.8. The van der Waals surface area contributed by atoms with Gasteiger partial charge in [0.2, 0.25) is 0 Å². The zero-order valence-electron chi connectivity index (χ0n) is 12.6. The summed E-state index contributed by atoms with van der Waals surface area (Å²) in [4.78, 5) is 13.8. The van der Waals surface area contributed by atoms with Gasteiger partial charge in [0.25, 0.3) is 9.05 Å². The predicted molar refractivity (Wildman–Crippen MR) is 92.9 cm³/mol. The van der Waals surface area contributed by atoms with E-state index in [1.807, 2.05) is 31.1 Å². The normalized spacial score (nSPS) is 10.9. The molecule has 2 amide bonds. The third-order valence-electron chi connectivity index (χ3n) is 3.04. The van der Waals surface area contributed by atoms with E-state index in [1.54, 1.807) is 12.1 Å². The van der Waals surface area contributed by atoms with Crippen LogP contribution in [0.3, 0.4) is 0 Å². The number of amides is 2. The van der Waals surface area contributed by atoms with E-state index in [4.69, 9.17) is 10.7 Å². The van der Waals surface area contributed by atoms with Gasteiger partial charge in [0.1, 0.15) is 0 Å². The smallest absolute Gasteiger partial charge is 0.323 e. The lowest BCUT2D eigenvalue weighted by Crippen LogP contribution is -2.19. The number of carbonyl (C=O) groups is 1. The molecule has 0 aliphatic heterocycles. The molecule has 0 unspecified atom stereocenters. The summed E-state index contributed by atoms with van der Waals surface area (Å²) < 4.78 is 22.3. The Morgan fingerprint density at radius 2 is 1.35 bits per heavy atom. The van der Waals surface area contributed by atoms with Gasteiger partial charge in [-0.1, -0.05) is 0 Å². The molecule has 6 nitrogen and oxygen atoms in total. The first-order valence-electron chi connectivity index (χ1n) is 6.66. The van der Waals surface area contributed by atoms with Crippen LogP contribution in [0.2, 0.25) is 0 Å². The molecule has 8 heteroatoms. The molecule has 0 aliphatic rings. The molecule has 0 bridgehead atoms. The van der Waals surface area contributed by atoms with Crippen LogP contribution >= 0.6 is 10.7 Å². The predicted octanol–water partition coefficient (Wildman–Crippen LogP) is 3.32. The molecule has 0 atom stereocenters. The Labute approximate surface area is 139 Å². The van der Waals surface area contributed by atoms with Crippen LogP contribution in [0.15, 0.2) is 53.4 Å². The number of rotatable bonds is 4. The van der Waals surface area contributed by atoms with Crippen molar-refractivity contribution >= 4 is 42.8 Å².